The van der Waals surface area contributed by atoms with E-state index in [1.165, 1.54) is 0 Å². The molecule has 1 heterocycles. The molecule has 4 bridgehead atoms. The predicted molar refractivity (Wildman–Crippen MR) is 90.3 cm³/mol. The number of allylic oxidation sites excluding steroid dienone is 1. The van der Waals surface area contributed by atoms with Crippen LogP contribution in [0.15, 0.2) is 22.8 Å². The summed E-state index contributed by atoms with van der Waals surface area (Å²) in [5, 5.41) is 10.4. The van der Waals surface area contributed by atoms with E-state index >= 15 is 0 Å². The Kier molecular flexibility index (Phi) is 3.66. The summed E-state index contributed by atoms with van der Waals surface area (Å²) in [5.74, 6) is -0.638. The zero-order valence-corrected chi connectivity index (χ0v) is 15.2. The summed E-state index contributed by atoms with van der Waals surface area (Å²) in [7, 11) is 0. The number of hydrogen-bond acceptors (Lipinski definition) is 5. The van der Waals surface area contributed by atoms with Crippen molar-refractivity contribution in [3.05, 3.63) is 22.8 Å². The third kappa shape index (κ3) is 2.24. The normalized spacial score (nSPS) is 45.3. The molecule has 1 N–H and O–H groups in total. The molecule has 0 spiro atoms. The third-order valence-electron chi connectivity index (χ3n) is 7.09. The molecule has 5 rings (SSSR count). The van der Waals surface area contributed by atoms with Gasteiger partial charge in [-0.3, -0.25) is 4.79 Å². The molecule has 7 unspecified atom stereocenters. The largest absolute Gasteiger partial charge is 0.459 e. The van der Waals surface area contributed by atoms with E-state index < -0.39 is 6.10 Å². The fourth-order valence-electron chi connectivity index (χ4n) is 5.61. The van der Waals surface area contributed by atoms with Crippen LogP contribution in [0.1, 0.15) is 47.0 Å². The first-order valence-corrected chi connectivity index (χ1v) is 9.20. The van der Waals surface area contributed by atoms with Gasteiger partial charge in [0, 0.05) is 5.57 Å². The van der Waals surface area contributed by atoms with Gasteiger partial charge >= 0.3 is 11.9 Å². The highest BCUT2D eigenvalue weighted by Crippen LogP contribution is 2.63. The summed E-state index contributed by atoms with van der Waals surface area (Å²) >= 11 is 0. The van der Waals surface area contributed by atoms with Crippen molar-refractivity contribution in [2.24, 2.45) is 23.2 Å². The van der Waals surface area contributed by atoms with Crippen LogP contribution in [-0.4, -0.2) is 35.4 Å². The summed E-state index contributed by atoms with van der Waals surface area (Å²) < 4.78 is 11.6. The first kappa shape index (κ1) is 16.8. The summed E-state index contributed by atoms with van der Waals surface area (Å²) in [6.45, 7) is 7.68. The molecule has 0 aromatic heterocycles. The Balaban J connectivity index is 1.77. The van der Waals surface area contributed by atoms with Crippen LogP contribution >= 0.6 is 0 Å². The van der Waals surface area contributed by atoms with Gasteiger partial charge in [-0.25, -0.2) is 4.79 Å². The van der Waals surface area contributed by atoms with Gasteiger partial charge in [0.2, 0.25) is 0 Å². The number of ether oxygens (including phenoxy) is 2. The Morgan fingerprint density at radius 3 is 2.80 bits per heavy atom. The topological polar surface area (TPSA) is 72.8 Å². The van der Waals surface area contributed by atoms with Gasteiger partial charge in [0.05, 0.1) is 17.9 Å². The van der Waals surface area contributed by atoms with E-state index in [-0.39, 0.29) is 47.3 Å². The second-order valence-electron chi connectivity index (χ2n) is 8.46. The quantitative estimate of drug-likeness (QED) is 0.472. The lowest BCUT2D eigenvalue weighted by molar-refractivity contribution is -0.156. The minimum Gasteiger partial charge on any atom is -0.459 e. The van der Waals surface area contributed by atoms with Crippen LogP contribution in [0.3, 0.4) is 0 Å². The maximum atomic E-state index is 12.5. The minimum atomic E-state index is -0.458. The first-order valence-electron chi connectivity index (χ1n) is 9.20. The third-order valence-corrected chi connectivity index (χ3v) is 7.09. The standard InChI is InChI=1S/C20H26O5/c1-5-9(2)18(22)24-14-8-20(4)7-11-16(14)17(25-19(11)23)15-10(3)13(21)6-12(15)20/h5,11-14,16-17,21H,6-8H2,1-4H3. The van der Waals surface area contributed by atoms with Crippen LogP contribution < -0.4 is 0 Å². The van der Waals surface area contributed by atoms with Crippen LogP contribution in [0.5, 0.6) is 0 Å². The summed E-state index contributed by atoms with van der Waals surface area (Å²) in [5.41, 5.74) is 2.46. The monoisotopic (exact) mass is 346 g/mol. The fraction of sp³-hybridized carbons (Fsp3) is 0.700. The fourth-order valence-corrected chi connectivity index (χ4v) is 5.61. The summed E-state index contributed by atoms with van der Waals surface area (Å²) in [4.78, 5) is 24.8. The Hall–Kier alpha value is -1.62. The molecule has 5 nitrogen and oxygen atoms in total. The van der Waals surface area contributed by atoms with E-state index in [4.69, 9.17) is 9.47 Å². The minimum absolute atomic E-state index is 0.130. The predicted octanol–water partition coefficient (Wildman–Crippen LogP) is 2.53. The van der Waals surface area contributed by atoms with E-state index in [2.05, 4.69) is 6.92 Å². The van der Waals surface area contributed by atoms with Crippen molar-refractivity contribution >= 4 is 11.9 Å². The molecule has 7 atom stereocenters. The number of hydrogen-bond donors (Lipinski definition) is 1. The number of aliphatic hydroxyl groups is 1. The number of carbonyl (C=O) groups is 2. The number of carbonyl (C=O) groups excluding carboxylic acids is 2. The van der Waals surface area contributed by atoms with Gasteiger partial charge in [-0.1, -0.05) is 13.0 Å². The van der Waals surface area contributed by atoms with Crippen LogP contribution in [0.4, 0.5) is 0 Å². The highest BCUT2D eigenvalue weighted by molar-refractivity contribution is 5.88. The van der Waals surface area contributed by atoms with Gasteiger partial charge in [-0.2, -0.15) is 0 Å². The second-order valence-corrected chi connectivity index (χ2v) is 8.46. The molecule has 136 valence electrons. The molecule has 5 aliphatic rings. The number of aliphatic hydroxyl groups excluding tert-OH is 1. The molecular weight excluding hydrogens is 320 g/mol. The molecule has 3 saturated carbocycles. The van der Waals surface area contributed by atoms with Gasteiger partial charge in [-0.05, 0) is 62.5 Å². The van der Waals surface area contributed by atoms with Gasteiger partial charge in [0.1, 0.15) is 12.2 Å². The van der Waals surface area contributed by atoms with Crippen LogP contribution in [0, 0.1) is 23.2 Å². The molecule has 0 radical (unpaired) electrons. The molecule has 4 aliphatic carbocycles. The lowest BCUT2D eigenvalue weighted by atomic mass is 9.62. The van der Waals surface area contributed by atoms with Crippen molar-refractivity contribution in [3.63, 3.8) is 0 Å². The summed E-state index contributed by atoms with van der Waals surface area (Å²) in [6, 6.07) is 0. The van der Waals surface area contributed by atoms with Gasteiger partial charge in [0.15, 0.2) is 0 Å². The van der Waals surface area contributed by atoms with Gasteiger partial charge < -0.3 is 14.6 Å². The van der Waals surface area contributed by atoms with Gasteiger partial charge in [0.25, 0.3) is 0 Å². The SMILES string of the molecule is CC=C(C)C(=O)OC1CC2(C)CC3C(=O)OC(C4=C(C)C(O)CC42)C13. The van der Waals surface area contributed by atoms with Crippen LogP contribution in [0.2, 0.25) is 0 Å². The van der Waals surface area contributed by atoms with E-state index in [0.717, 1.165) is 24.0 Å². The van der Waals surface area contributed by atoms with Crippen molar-refractivity contribution in [2.75, 3.05) is 0 Å². The van der Waals surface area contributed by atoms with Crippen molar-refractivity contribution in [1.82, 2.24) is 0 Å². The van der Waals surface area contributed by atoms with Crippen LogP contribution in [-0.2, 0) is 19.1 Å². The molecule has 0 amide bonds. The van der Waals surface area contributed by atoms with Gasteiger partial charge in [-0.15, -0.1) is 0 Å². The van der Waals surface area contributed by atoms with Crippen molar-refractivity contribution in [3.8, 4) is 0 Å². The smallest absolute Gasteiger partial charge is 0.333 e. The van der Waals surface area contributed by atoms with E-state index in [1.54, 1.807) is 13.0 Å². The number of fused-ring (bicyclic) bond motifs is 1. The second kappa shape index (κ2) is 5.44. The average Bonchev–Trinajstić information content (AvgIpc) is 2.98. The van der Waals surface area contributed by atoms with E-state index in [1.807, 2.05) is 13.8 Å². The highest BCUT2D eigenvalue weighted by atomic mass is 16.6. The molecular formula is C20H26O5. The lowest BCUT2D eigenvalue weighted by Crippen LogP contribution is -2.45. The van der Waals surface area contributed by atoms with Crippen molar-refractivity contribution in [2.45, 2.75) is 65.3 Å². The molecule has 0 aromatic rings. The van der Waals surface area contributed by atoms with Crippen molar-refractivity contribution in [1.29, 1.82) is 0 Å². The Morgan fingerprint density at radius 1 is 1.40 bits per heavy atom. The molecule has 0 aromatic carbocycles. The lowest BCUT2D eigenvalue weighted by Gasteiger charge is -2.43. The molecule has 25 heavy (non-hydrogen) atoms. The summed E-state index contributed by atoms with van der Waals surface area (Å²) in [6.07, 6.45) is 2.77. The average molecular weight is 346 g/mol. The molecule has 4 fully saturated rings. The van der Waals surface area contributed by atoms with Crippen LogP contribution in [0.25, 0.3) is 0 Å². The zero-order chi connectivity index (χ0) is 18.1. The Bertz CT molecular complexity index is 705. The highest BCUT2D eigenvalue weighted by Gasteiger charge is 2.65. The maximum Gasteiger partial charge on any atom is 0.333 e. The Morgan fingerprint density at radius 2 is 2.12 bits per heavy atom. The van der Waals surface area contributed by atoms with Crippen molar-refractivity contribution < 1.29 is 24.2 Å². The van der Waals surface area contributed by atoms with E-state index in [9.17, 15) is 14.7 Å². The molecule has 5 heteroatoms. The maximum absolute atomic E-state index is 12.5. The molecule has 1 saturated heterocycles. The number of rotatable bonds is 2. The van der Waals surface area contributed by atoms with E-state index in [0.29, 0.717) is 12.0 Å². The zero-order valence-electron chi connectivity index (χ0n) is 15.2. The number of esters is 2. The Labute approximate surface area is 148 Å². The first-order chi connectivity index (χ1) is 11.8. The molecule has 1 aliphatic heterocycles.